The van der Waals surface area contributed by atoms with Crippen molar-refractivity contribution in [3.8, 4) is 5.75 Å². The second kappa shape index (κ2) is 3.26. The van der Waals surface area contributed by atoms with E-state index in [1.54, 1.807) is 0 Å². The van der Waals surface area contributed by atoms with E-state index >= 15 is 0 Å². The molecule has 2 rings (SSSR count). The van der Waals surface area contributed by atoms with Gasteiger partial charge in [0.05, 0.1) is 18.8 Å². The van der Waals surface area contributed by atoms with E-state index in [2.05, 4.69) is 4.90 Å². The maximum atomic E-state index is 9.08. The van der Waals surface area contributed by atoms with Crippen LogP contribution in [0.4, 0.5) is 5.69 Å². The van der Waals surface area contributed by atoms with Gasteiger partial charge >= 0.3 is 0 Å². The third-order valence-electron chi connectivity index (χ3n) is 2.33. The Morgan fingerprint density at radius 3 is 3.15 bits per heavy atom. The number of likely N-dealkylation sites (N-methyl/N-ethyl adjacent to an activating group) is 1. The van der Waals surface area contributed by atoms with E-state index in [4.69, 9.17) is 9.84 Å². The zero-order chi connectivity index (χ0) is 9.26. The third kappa shape index (κ3) is 1.35. The molecule has 0 saturated heterocycles. The van der Waals surface area contributed by atoms with Crippen LogP contribution in [0, 0.1) is 0 Å². The van der Waals surface area contributed by atoms with Gasteiger partial charge in [0.1, 0.15) is 12.4 Å². The van der Waals surface area contributed by atoms with Crippen LogP contribution >= 0.6 is 0 Å². The van der Waals surface area contributed by atoms with Crippen molar-refractivity contribution in [1.82, 2.24) is 0 Å². The minimum absolute atomic E-state index is 0.0387. The van der Waals surface area contributed by atoms with Crippen molar-refractivity contribution < 1.29 is 9.84 Å². The van der Waals surface area contributed by atoms with Gasteiger partial charge in [-0.15, -0.1) is 0 Å². The first kappa shape index (κ1) is 8.38. The highest BCUT2D eigenvalue weighted by Crippen LogP contribution is 2.33. The quantitative estimate of drug-likeness (QED) is 0.698. The molecule has 0 spiro atoms. The average molecular weight is 179 g/mol. The molecule has 0 radical (unpaired) electrons. The Kier molecular flexibility index (Phi) is 2.10. The summed E-state index contributed by atoms with van der Waals surface area (Å²) in [6, 6.07) is 5.83. The molecule has 70 valence electrons. The summed E-state index contributed by atoms with van der Waals surface area (Å²) in [5.74, 6) is 0.832. The highest BCUT2D eigenvalue weighted by Gasteiger charge is 2.16. The average Bonchev–Trinajstić information content (AvgIpc) is 2.18. The maximum Gasteiger partial charge on any atom is 0.148 e. The molecule has 0 atom stereocenters. The number of rotatable bonds is 1. The number of aliphatic hydroxyl groups excluding tert-OH is 1. The van der Waals surface area contributed by atoms with E-state index in [1.165, 1.54) is 0 Å². The first-order valence-electron chi connectivity index (χ1n) is 4.39. The smallest absolute Gasteiger partial charge is 0.148 e. The molecule has 1 aliphatic heterocycles. The van der Waals surface area contributed by atoms with Gasteiger partial charge in [0.15, 0.2) is 0 Å². The molecule has 1 N–H and O–H groups in total. The number of aliphatic hydroxyl groups is 1. The van der Waals surface area contributed by atoms with Crippen LogP contribution in [-0.2, 0) is 6.61 Å². The van der Waals surface area contributed by atoms with Crippen molar-refractivity contribution >= 4 is 5.69 Å². The Labute approximate surface area is 77.6 Å². The summed E-state index contributed by atoms with van der Waals surface area (Å²) in [5.41, 5.74) is 1.93. The lowest BCUT2D eigenvalue weighted by molar-refractivity contribution is 0.260. The lowest BCUT2D eigenvalue weighted by Crippen LogP contribution is -2.29. The summed E-state index contributed by atoms with van der Waals surface area (Å²) in [6.07, 6.45) is 0. The summed E-state index contributed by atoms with van der Waals surface area (Å²) < 4.78 is 5.51. The summed E-state index contributed by atoms with van der Waals surface area (Å²) >= 11 is 0. The van der Waals surface area contributed by atoms with Crippen LogP contribution in [0.3, 0.4) is 0 Å². The normalized spacial score (nSPS) is 15.1. The van der Waals surface area contributed by atoms with Crippen LogP contribution in [0.15, 0.2) is 18.2 Å². The molecule has 0 fully saturated rings. The fourth-order valence-electron chi connectivity index (χ4n) is 1.57. The molecule has 0 unspecified atom stereocenters. The zero-order valence-corrected chi connectivity index (χ0v) is 7.66. The fourth-order valence-corrected chi connectivity index (χ4v) is 1.57. The van der Waals surface area contributed by atoms with Crippen molar-refractivity contribution in [2.75, 3.05) is 25.1 Å². The van der Waals surface area contributed by atoms with E-state index in [0.717, 1.165) is 23.5 Å². The topological polar surface area (TPSA) is 32.7 Å². The Balaban J connectivity index is 2.48. The Bertz CT molecular complexity index is 312. The first-order chi connectivity index (χ1) is 6.33. The number of hydrogen-bond acceptors (Lipinski definition) is 3. The summed E-state index contributed by atoms with van der Waals surface area (Å²) in [7, 11) is 2.03. The molecule has 3 heteroatoms. The summed E-state index contributed by atoms with van der Waals surface area (Å²) in [4.78, 5) is 2.14. The molecule has 1 aromatic rings. The van der Waals surface area contributed by atoms with Gasteiger partial charge in [-0.1, -0.05) is 12.1 Å². The maximum absolute atomic E-state index is 9.08. The predicted octanol–water partition coefficient (Wildman–Crippen LogP) is 1.01. The van der Waals surface area contributed by atoms with Crippen molar-refractivity contribution in [3.05, 3.63) is 23.8 Å². The van der Waals surface area contributed by atoms with Gasteiger partial charge in [-0.25, -0.2) is 0 Å². The van der Waals surface area contributed by atoms with Crippen LogP contribution in [0.2, 0.25) is 0 Å². The van der Waals surface area contributed by atoms with E-state index in [1.807, 2.05) is 25.2 Å². The molecule has 0 saturated carbocycles. The molecule has 1 aromatic carbocycles. The van der Waals surface area contributed by atoms with Crippen molar-refractivity contribution in [1.29, 1.82) is 0 Å². The number of hydrogen-bond donors (Lipinski definition) is 1. The first-order valence-corrected chi connectivity index (χ1v) is 4.39. The van der Waals surface area contributed by atoms with Crippen LogP contribution in [0.25, 0.3) is 0 Å². The minimum Gasteiger partial charge on any atom is -0.489 e. The number of fused-ring (bicyclic) bond motifs is 1. The molecule has 1 heterocycles. The van der Waals surface area contributed by atoms with Gasteiger partial charge in [0.2, 0.25) is 0 Å². The lowest BCUT2D eigenvalue weighted by atomic mass is 10.1. The summed E-state index contributed by atoms with van der Waals surface area (Å²) in [5, 5.41) is 9.08. The van der Waals surface area contributed by atoms with Crippen molar-refractivity contribution in [3.63, 3.8) is 0 Å². The molecule has 1 aliphatic rings. The van der Waals surface area contributed by atoms with Gasteiger partial charge < -0.3 is 14.7 Å². The Morgan fingerprint density at radius 1 is 1.54 bits per heavy atom. The fraction of sp³-hybridized carbons (Fsp3) is 0.400. The molecule has 0 amide bonds. The predicted molar refractivity (Wildman–Crippen MR) is 51.1 cm³/mol. The molecular formula is C10H13NO2. The van der Waals surface area contributed by atoms with E-state index in [0.29, 0.717) is 6.61 Å². The van der Waals surface area contributed by atoms with Crippen LogP contribution < -0.4 is 9.64 Å². The van der Waals surface area contributed by atoms with E-state index in [-0.39, 0.29) is 6.61 Å². The second-order valence-electron chi connectivity index (χ2n) is 3.19. The standard InChI is InChI=1S/C10H13NO2/c1-11-5-6-13-10-8(7-12)3-2-4-9(10)11/h2-4,12H,5-7H2,1H3. The highest BCUT2D eigenvalue weighted by molar-refractivity contribution is 5.62. The van der Waals surface area contributed by atoms with Gasteiger partial charge in [-0.05, 0) is 6.07 Å². The van der Waals surface area contributed by atoms with E-state index < -0.39 is 0 Å². The molecule has 3 nitrogen and oxygen atoms in total. The summed E-state index contributed by atoms with van der Waals surface area (Å²) in [6.45, 7) is 1.64. The van der Waals surface area contributed by atoms with Crippen LogP contribution in [0.5, 0.6) is 5.75 Å². The molecular weight excluding hydrogens is 166 g/mol. The van der Waals surface area contributed by atoms with Crippen LogP contribution in [-0.4, -0.2) is 25.3 Å². The van der Waals surface area contributed by atoms with Gasteiger partial charge in [-0.3, -0.25) is 0 Å². The van der Waals surface area contributed by atoms with Gasteiger partial charge in [0.25, 0.3) is 0 Å². The Morgan fingerprint density at radius 2 is 2.38 bits per heavy atom. The van der Waals surface area contributed by atoms with Crippen molar-refractivity contribution in [2.45, 2.75) is 6.61 Å². The number of benzene rings is 1. The number of para-hydroxylation sites is 1. The number of ether oxygens (including phenoxy) is 1. The zero-order valence-electron chi connectivity index (χ0n) is 7.66. The molecule has 0 aliphatic carbocycles. The molecule has 0 bridgehead atoms. The molecule has 0 aromatic heterocycles. The molecule has 13 heavy (non-hydrogen) atoms. The van der Waals surface area contributed by atoms with E-state index in [9.17, 15) is 0 Å². The lowest BCUT2D eigenvalue weighted by Gasteiger charge is -2.28. The number of nitrogens with zero attached hydrogens (tertiary/aromatic N) is 1. The Hall–Kier alpha value is -1.22. The number of anilines is 1. The van der Waals surface area contributed by atoms with Gasteiger partial charge in [-0.2, -0.15) is 0 Å². The highest BCUT2D eigenvalue weighted by atomic mass is 16.5. The van der Waals surface area contributed by atoms with Crippen LogP contribution in [0.1, 0.15) is 5.56 Å². The largest absolute Gasteiger partial charge is 0.489 e. The third-order valence-corrected chi connectivity index (χ3v) is 2.33. The van der Waals surface area contributed by atoms with Crippen molar-refractivity contribution in [2.24, 2.45) is 0 Å². The second-order valence-corrected chi connectivity index (χ2v) is 3.19. The SMILES string of the molecule is CN1CCOc2c(CO)cccc21. The van der Waals surface area contributed by atoms with Gasteiger partial charge in [0, 0.05) is 12.6 Å². The minimum atomic E-state index is 0.0387. The monoisotopic (exact) mass is 179 g/mol.